The van der Waals surface area contributed by atoms with Crippen LogP contribution in [0.2, 0.25) is 0 Å². The Hall–Kier alpha value is -0.0800. The van der Waals surface area contributed by atoms with Gasteiger partial charge in [0.15, 0.2) is 0 Å². The van der Waals surface area contributed by atoms with Crippen molar-refractivity contribution in [3.8, 4) is 0 Å². The summed E-state index contributed by atoms with van der Waals surface area (Å²) >= 11 is 0. The SMILES string of the molecule is CC(C)NCC1(CN2CCCC2)CC1. The van der Waals surface area contributed by atoms with Gasteiger partial charge >= 0.3 is 0 Å². The van der Waals surface area contributed by atoms with Crippen LogP contribution in [0.1, 0.15) is 39.5 Å². The number of nitrogens with one attached hydrogen (secondary N) is 1. The van der Waals surface area contributed by atoms with E-state index < -0.39 is 0 Å². The second-order valence-corrected chi connectivity index (χ2v) is 5.52. The summed E-state index contributed by atoms with van der Waals surface area (Å²) in [5.41, 5.74) is 0.661. The lowest BCUT2D eigenvalue weighted by atomic mass is 10.1. The zero-order chi connectivity index (χ0) is 10.0. The van der Waals surface area contributed by atoms with Gasteiger partial charge < -0.3 is 10.2 Å². The highest BCUT2D eigenvalue weighted by atomic mass is 15.2. The first kappa shape index (κ1) is 10.4. The summed E-state index contributed by atoms with van der Waals surface area (Å²) in [6, 6.07) is 0.644. The minimum absolute atomic E-state index is 0.644. The Morgan fingerprint density at radius 3 is 2.36 bits per heavy atom. The van der Waals surface area contributed by atoms with Crippen LogP contribution >= 0.6 is 0 Å². The smallest absolute Gasteiger partial charge is 0.00501 e. The van der Waals surface area contributed by atoms with Crippen LogP contribution in [0.5, 0.6) is 0 Å². The van der Waals surface area contributed by atoms with Crippen molar-refractivity contribution in [2.24, 2.45) is 5.41 Å². The average Bonchev–Trinajstić information content (AvgIpc) is 2.70. The normalized spacial score (nSPS) is 25.9. The summed E-state index contributed by atoms with van der Waals surface area (Å²) in [7, 11) is 0. The van der Waals surface area contributed by atoms with E-state index in [2.05, 4.69) is 24.1 Å². The zero-order valence-corrected chi connectivity index (χ0v) is 9.68. The lowest BCUT2D eigenvalue weighted by Gasteiger charge is -2.24. The second kappa shape index (κ2) is 4.19. The van der Waals surface area contributed by atoms with Gasteiger partial charge in [-0.3, -0.25) is 0 Å². The van der Waals surface area contributed by atoms with Crippen LogP contribution in [0.3, 0.4) is 0 Å². The predicted molar refractivity (Wildman–Crippen MR) is 60.5 cm³/mol. The molecule has 0 spiro atoms. The molecule has 1 saturated heterocycles. The predicted octanol–water partition coefficient (Wildman–Crippen LogP) is 1.86. The molecule has 0 aromatic heterocycles. The molecule has 2 fully saturated rings. The zero-order valence-electron chi connectivity index (χ0n) is 9.68. The molecule has 1 aliphatic heterocycles. The van der Waals surface area contributed by atoms with E-state index in [1.54, 1.807) is 0 Å². The standard InChI is InChI=1S/C12H24N2/c1-11(2)13-9-12(5-6-12)10-14-7-3-4-8-14/h11,13H,3-10H2,1-2H3. The molecule has 0 aromatic carbocycles. The Bertz CT molecular complexity index is 179. The van der Waals surface area contributed by atoms with Gasteiger partial charge in [-0.2, -0.15) is 0 Å². The van der Waals surface area contributed by atoms with Crippen molar-refractivity contribution in [2.45, 2.75) is 45.6 Å². The van der Waals surface area contributed by atoms with Crippen molar-refractivity contribution in [3.63, 3.8) is 0 Å². The van der Waals surface area contributed by atoms with Crippen molar-refractivity contribution in [3.05, 3.63) is 0 Å². The molecule has 1 heterocycles. The van der Waals surface area contributed by atoms with E-state index in [-0.39, 0.29) is 0 Å². The molecule has 0 bridgehead atoms. The van der Waals surface area contributed by atoms with Gasteiger partial charge in [-0.25, -0.2) is 0 Å². The van der Waals surface area contributed by atoms with E-state index in [4.69, 9.17) is 0 Å². The summed E-state index contributed by atoms with van der Waals surface area (Å²) in [6.45, 7) is 9.78. The lowest BCUT2D eigenvalue weighted by Crippen LogP contribution is -2.37. The van der Waals surface area contributed by atoms with E-state index in [0.29, 0.717) is 11.5 Å². The number of nitrogens with zero attached hydrogens (tertiary/aromatic N) is 1. The molecule has 2 aliphatic rings. The van der Waals surface area contributed by atoms with Crippen molar-refractivity contribution in [1.82, 2.24) is 10.2 Å². The van der Waals surface area contributed by atoms with Crippen molar-refractivity contribution in [2.75, 3.05) is 26.2 Å². The highest BCUT2D eigenvalue weighted by Gasteiger charge is 2.43. The summed E-state index contributed by atoms with van der Waals surface area (Å²) < 4.78 is 0. The summed E-state index contributed by atoms with van der Waals surface area (Å²) in [4.78, 5) is 2.66. The average molecular weight is 196 g/mol. The number of hydrogen-bond acceptors (Lipinski definition) is 2. The van der Waals surface area contributed by atoms with Crippen LogP contribution in [0.4, 0.5) is 0 Å². The van der Waals surface area contributed by atoms with Gasteiger partial charge in [-0.15, -0.1) is 0 Å². The molecule has 0 unspecified atom stereocenters. The van der Waals surface area contributed by atoms with Gasteiger partial charge in [-0.05, 0) is 44.2 Å². The van der Waals surface area contributed by atoms with Crippen molar-refractivity contribution < 1.29 is 0 Å². The molecule has 1 aliphatic carbocycles. The Morgan fingerprint density at radius 1 is 1.21 bits per heavy atom. The highest BCUT2D eigenvalue weighted by Crippen LogP contribution is 2.46. The van der Waals surface area contributed by atoms with E-state index in [1.165, 1.54) is 51.9 Å². The molecule has 0 amide bonds. The van der Waals surface area contributed by atoms with E-state index in [0.717, 1.165) is 0 Å². The third-order valence-corrected chi connectivity index (χ3v) is 3.60. The monoisotopic (exact) mass is 196 g/mol. The molecule has 14 heavy (non-hydrogen) atoms. The fraction of sp³-hybridized carbons (Fsp3) is 1.00. The summed E-state index contributed by atoms with van der Waals surface area (Å²) in [5.74, 6) is 0. The van der Waals surface area contributed by atoms with Gasteiger partial charge in [-0.1, -0.05) is 13.8 Å². The van der Waals surface area contributed by atoms with Crippen LogP contribution in [0, 0.1) is 5.41 Å². The van der Waals surface area contributed by atoms with E-state index >= 15 is 0 Å². The molecule has 1 saturated carbocycles. The maximum Gasteiger partial charge on any atom is 0.00501 e. The molecular formula is C12H24N2. The molecular weight excluding hydrogens is 172 g/mol. The largest absolute Gasteiger partial charge is 0.314 e. The first-order valence-electron chi connectivity index (χ1n) is 6.16. The topological polar surface area (TPSA) is 15.3 Å². The Kier molecular flexibility index (Phi) is 3.13. The fourth-order valence-electron chi connectivity index (χ4n) is 2.40. The van der Waals surface area contributed by atoms with Gasteiger partial charge in [0.2, 0.25) is 0 Å². The van der Waals surface area contributed by atoms with Crippen LogP contribution in [-0.2, 0) is 0 Å². The third-order valence-electron chi connectivity index (χ3n) is 3.60. The molecule has 0 aromatic rings. The van der Waals surface area contributed by atoms with E-state index in [1.807, 2.05) is 0 Å². The molecule has 82 valence electrons. The molecule has 0 atom stereocenters. The Labute approximate surface area is 88.1 Å². The Balaban J connectivity index is 1.72. The second-order valence-electron chi connectivity index (χ2n) is 5.52. The van der Waals surface area contributed by atoms with Crippen LogP contribution in [0.25, 0.3) is 0 Å². The Morgan fingerprint density at radius 2 is 1.86 bits per heavy atom. The minimum atomic E-state index is 0.644. The number of likely N-dealkylation sites (tertiary alicyclic amines) is 1. The van der Waals surface area contributed by atoms with Crippen LogP contribution in [0.15, 0.2) is 0 Å². The fourth-order valence-corrected chi connectivity index (χ4v) is 2.40. The molecule has 2 nitrogen and oxygen atoms in total. The third kappa shape index (κ3) is 2.71. The van der Waals surface area contributed by atoms with Crippen LogP contribution < -0.4 is 5.32 Å². The number of hydrogen-bond donors (Lipinski definition) is 1. The van der Waals surface area contributed by atoms with Gasteiger partial charge in [0.25, 0.3) is 0 Å². The number of rotatable bonds is 5. The maximum atomic E-state index is 3.60. The summed E-state index contributed by atoms with van der Waals surface area (Å²) in [5, 5.41) is 3.60. The van der Waals surface area contributed by atoms with Gasteiger partial charge in [0.05, 0.1) is 0 Å². The highest BCUT2D eigenvalue weighted by molar-refractivity contribution is 4.98. The molecule has 0 radical (unpaired) electrons. The van der Waals surface area contributed by atoms with Crippen molar-refractivity contribution >= 4 is 0 Å². The molecule has 1 N–H and O–H groups in total. The van der Waals surface area contributed by atoms with Gasteiger partial charge in [0.1, 0.15) is 0 Å². The lowest BCUT2D eigenvalue weighted by molar-refractivity contribution is 0.254. The minimum Gasteiger partial charge on any atom is -0.314 e. The van der Waals surface area contributed by atoms with Crippen molar-refractivity contribution in [1.29, 1.82) is 0 Å². The molecule has 2 heteroatoms. The molecule has 2 rings (SSSR count). The first-order valence-corrected chi connectivity index (χ1v) is 6.16. The first-order chi connectivity index (χ1) is 6.70. The van der Waals surface area contributed by atoms with Gasteiger partial charge in [0, 0.05) is 19.1 Å². The van der Waals surface area contributed by atoms with E-state index in [9.17, 15) is 0 Å². The maximum absolute atomic E-state index is 3.60. The van der Waals surface area contributed by atoms with Crippen LogP contribution in [-0.4, -0.2) is 37.1 Å². The quantitative estimate of drug-likeness (QED) is 0.722. The summed E-state index contributed by atoms with van der Waals surface area (Å²) in [6.07, 6.45) is 5.74.